The molecule has 0 aliphatic heterocycles. The SMILES string of the molecule is CC(C)c1cc(-c2ccc(F)c(F)c2)c(O)cc1O. The summed E-state index contributed by atoms with van der Waals surface area (Å²) in [6.45, 7) is 3.78. The van der Waals surface area contributed by atoms with Crippen LogP contribution in [-0.4, -0.2) is 10.2 Å². The lowest BCUT2D eigenvalue weighted by Crippen LogP contribution is -1.91. The number of halogens is 2. The zero-order chi connectivity index (χ0) is 14.2. The molecule has 100 valence electrons. The van der Waals surface area contributed by atoms with Gasteiger partial charge in [-0.15, -0.1) is 0 Å². The Balaban J connectivity index is 2.61. The first-order valence-electron chi connectivity index (χ1n) is 5.91. The van der Waals surface area contributed by atoms with Crippen molar-refractivity contribution in [1.82, 2.24) is 0 Å². The topological polar surface area (TPSA) is 40.5 Å². The Hall–Kier alpha value is -2.10. The Morgan fingerprint density at radius 2 is 1.58 bits per heavy atom. The third-order valence-electron chi connectivity index (χ3n) is 3.00. The van der Waals surface area contributed by atoms with E-state index in [1.165, 1.54) is 12.1 Å². The number of hydrogen-bond acceptors (Lipinski definition) is 2. The highest BCUT2D eigenvalue weighted by Crippen LogP contribution is 2.38. The van der Waals surface area contributed by atoms with Gasteiger partial charge in [0.1, 0.15) is 11.5 Å². The van der Waals surface area contributed by atoms with Crippen LogP contribution < -0.4 is 0 Å². The fourth-order valence-electron chi connectivity index (χ4n) is 1.95. The van der Waals surface area contributed by atoms with Gasteiger partial charge in [0.25, 0.3) is 0 Å². The average Bonchev–Trinajstić information content (AvgIpc) is 2.32. The first-order valence-corrected chi connectivity index (χ1v) is 5.91. The highest BCUT2D eigenvalue weighted by Gasteiger charge is 2.14. The van der Waals surface area contributed by atoms with E-state index in [-0.39, 0.29) is 17.4 Å². The minimum Gasteiger partial charge on any atom is -0.508 e. The molecule has 2 rings (SSSR count). The van der Waals surface area contributed by atoms with Crippen LogP contribution in [0.25, 0.3) is 11.1 Å². The highest BCUT2D eigenvalue weighted by atomic mass is 19.2. The lowest BCUT2D eigenvalue weighted by atomic mass is 9.95. The number of rotatable bonds is 2. The van der Waals surface area contributed by atoms with Crippen LogP contribution in [0, 0.1) is 11.6 Å². The molecule has 0 spiro atoms. The predicted octanol–water partition coefficient (Wildman–Crippen LogP) is 4.17. The highest BCUT2D eigenvalue weighted by molar-refractivity contribution is 5.72. The maximum atomic E-state index is 13.2. The summed E-state index contributed by atoms with van der Waals surface area (Å²) in [6.07, 6.45) is 0. The maximum absolute atomic E-state index is 13.2. The molecule has 0 aliphatic rings. The molecule has 0 atom stereocenters. The molecular weight excluding hydrogens is 250 g/mol. The van der Waals surface area contributed by atoms with Gasteiger partial charge in [-0.3, -0.25) is 0 Å². The van der Waals surface area contributed by atoms with Crippen LogP contribution in [0.3, 0.4) is 0 Å². The van der Waals surface area contributed by atoms with Gasteiger partial charge in [-0.05, 0) is 35.2 Å². The van der Waals surface area contributed by atoms with Crippen molar-refractivity contribution in [3.8, 4) is 22.6 Å². The van der Waals surface area contributed by atoms with Gasteiger partial charge in [0.15, 0.2) is 11.6 Å². The molecule has 0 fully saturated rings. The third kappa shape index (κ3) is 2.52. The van der Waals surface area contributed by atoms with E-state index < -0.39 is 11.6 Å². The van der Waals surface area contributed by atoms with E-state index in [1.807, 2.05) is 13.8 Å². The van der Waals surface area contributed by atoms with E-state index >= 15 is 0 Å². The first kappa shape index (κ1) is 13.3. The number of aromatic hydroxyl groups is 2. The van der Waals surface area contributed by atoms with E-state index in [2.05, 4.69) is 0 Å². The molecule has 4 heteroatoms. The molecular formula is C15H14F2O2. The van der Waals surface area contributed by atoms with Gasteiger partial charge < -0.3 is 10.2 Å². The summed E-state index contributed by atoms with van der Waals surface area (Å²) < 4.78 is 26.1. The largest absolute Gasteiger partial charge is 0.508 e. The van der Waals surface area contributed by atoms with Gasteiger partial charge in [-0.1, -0.05) is 19.9 Å². The molecule has 2 aromatic carbocycles. The molecule has 0 heterocycles. The van der Waals surface area contributed by atoms with Crippen LogP contribution in [0.4, 0.5) is 8.78 Å². The van der Waals surface area contributed by atoms with E-state index in [0.717, 1.165) is 12.1 Å². The summed E-state index contributed by atoms with van der Waals surface area (Å²) in [4.78, 5) is 0. The minimum absolute atomic E-state index is 0.0150. The van der Waals surface area contributed by atoms with Gasteiger partial charge in [0.05, 0.1) is 0 Å². The number of benzene rings is 2. The zero-order valence-corrected chi connectivity index (χ0v) is 10.6. The Labute approximate surface area is 110 Å². The summed E-state index contributed by atoms with van der Waals surface area (Å²) in [7, 11) is 0. The molecule has 0 bridgehead atoms. The Morgan fingerprint density at radius 1 is 0.895 bits per heavy atom. The van der Waals surface area contributed by atoms with Crippen LogP contribution in [0.5, 0.6) is 11.5 Å². The van der Waals surface area contributed by atoms with E-state index in [1.54, 1.807) is 6.07 Å². The van der Waals surface area contributed by atoms with E-state index in [4.69, 9.17) is 0 Å². The Morgan fingerprint density at radius 3 is 2.16 bits per heavy atom. The Bertz CT molecular complexity index is 622. The molecule has 2 nitrogen and oxygen atoms in total. The monoisotopic (exact) mass is 264 g/mol. The standard InChI is InChI=1S/C15H14F2O2/c1-8(2)10-6-11(15(19)7-14(10)18)9-3-4-12(16)13(17)5-9/h3-8,18-19H,1-2H3. The molecule has 0 unspecified atom stereocenters. The quantitative estimate of drug-likeness (QED) is 0.854. The van der Waals surface area contributed by atoms with Crippen molar-refractivity contribution in [2.24, 2.45) is 0 Å². The second-order valence-electron chi connectivity index (χ2n) is 4.71. The summed E-state index contributed by atoms with van der Waals surface area (Å²) >= 11 is 0. The minimum atomic E-state index is -0.976. The summed E-state index contributed by atoms with van der Waals surface area (Å²) in [5.74, 6) is -2.06. The van der Waals surface area contributed by atoms with Crippen molar-refractivity contribution in [2.45, 2.75) is 19.8 Å². The van der Waals surface area contributed by atoms with Crippen LogP contribution in [-0.2, 0) is 0 Å². The molecule has 0 saturated heterocycles. The fourth-order valence-corrected chi connectivity index (χ4v) is 1.95. The second-order valence-corrected chi connectivity index (χ2v) is 4.71. The second kappa shape index (κ2) is 4.88. The summed E-state index contributed by atoms with van der Waals surface area (Å²) in [6, 6.07) is 6.21. The molecule has 0 radical (unpaired) electrons. The average molecular weight is 264 g/mol. The fraction of sp³-hybridized carbons (Fsp3) is 0.200. The van der Waals surface area contributed by atoms with Crippen molar-refractivity contribution in [3.05, 3.63) is 47.5 Å². The zero-order valence-electron chi connectivity index (χ0n) is 10.6. The predicted molar refractivity (Wildman–Crippen MR) is 69.2 cm³/mol. The van der Waals surface area contributed by atoms with Crippen LogP contribution in [0.2, 0.25) is 0 Å². The summed E-state index contributed by atoms with van der Waals surface area (Å²) in [5.41, 5.74) is 1.36. The van der Waals surface area contributed by atoms with Gasteiger partial charge in [0.2, 0.25) is 0 Å². The summed E-state index contributed by atoms with van der Waals surface area (Å²) in [5, 5.41) is 19.6. The van der Waals surface area contributed by atoms with Gasteiger partial charge in [-0.25, -0.2) is 8.78 Å². The lowest BCUT2D eigenvalue weighted by Gasteiger charge is -2.13. The lowest BCUT2D eigenvalue weighted by molar-refractivity contribution is 0.445. The molecule has 0 aliphatic carbocycles. The van der Waals surface area contributed by atoms with Crippen molar-refractivity contribution < 1.29 is 19.0 Å². The van der Waals surface area contributed by atoms with Crippen molar-refractivity contribution >= 4 is 0 Å². The Kier molecular flexibility index (Phi) is 3.42. The normalized spacial score (nSPS) is 11.0. The van der Waals surface area contributed by atoms with Gasteiger partial charge in [0, 0.05) is 11.6 Å². The number of phenolic OH excluding ortho intramolecular Hbond substituents is 2. The number of phenols is 2. The third-order valence-corrected chi connectivity index (χ3v) is 3.00. The van der Waals surface area contributed by atoms with Crippen molar-refractivity contribution in [2.75, 3.05) is 0 Å². The molecule has 0 aromatic heterocycles. The van der Waals surface area contributed by atoms with Gasteiger partial charge >= 0.3 is 0 Å². The van der Waals surface area contributed by atoms with Crippen LogP contribution in [0.15, 0.2) is 30.3 Å². The molecule has 19 heavy (non-hydrogen) atoms. The number of hydrogen-bond donors (Lipinski definition) is 2. The van der Waals surface area contributed by atoms with E-state index in [9.17, 15) is 19.0 Å². The molecule has 0 amide bonds. The van der Waals surface area contributed by atoms with Crippen molar-refractivity contribution in [1.29, 1.82) is 0 Å². The maximum Gasteiger partial charge on any atom is 0.159 e. The smallest absolute Gasteiger partial charge is 0.159 e. The van der Waals surface area contributed by atoms with E-state index in [0.29, 0.717) is 16.7 Å². The van der Waals surface area contributed by atoms with Crippen molar-refractivity contribution in [3.63, 3.8) is 0 Å². The van der Waals surface area contributed by atoms with Crippen LogP contribution >= 0.6 is 0 Å². The van der Waals surface area contributed by atoms with Gasteiger partial charge in [-0.2, -0.15) is 0 Å². The molecule has 2 aromatic rings. The molecule has 2 N–H and O–H groups in total. The van der Waals surface area contributed by atoms with Crippen LogP contribution in [0.1, 0.15) is 25.3 Å². The molecule has 0 saturated carbocycles. The first-order chi connectivity index (χ1) is 8.90.